The van der Waals surface area contributed by atoms with Crippen LogP contribution in [0, 0.1) is 4.64 Å². The van der Waals surface area contributed by atoms with Gasteiger partial charge in [-0.15, -0.1) is 0 Å². The molecule has 0 aromatic carbocycles. The topological polar surface area (TPSA) is 28.7 Å². The third kappa shape index (κ3) is 2.46. The first-order valence-corrected chi connectivity index (χ1v) is 6.33. The molecule has 1 N–H and O–H groups in total. The van der Waals surface area contributed by atoms with E-state index in [4.69, 9.17) is 12.2 Å². The number of aromatic amines is 1. The Bertz CT molecular complexity index is 395. The second-order valence-electron chi connectivity index (χ2n) is 4.26. The smallest absolute Gasteiger partial charge is 0.133 e. The highest BCUT2D eigenvalue weighted by Crippen LogP contribution is 2.19. The standard InChI is InChI=1S/C12H18N2S/c1-2-6-11-13-10-8-5-3-4-7-9(10)12(15)14-11/h2-8H2,1H3,(H,13,14,15). The van der Waals surface area contributed by atoms with Crippen LogP contribution in [0.2, 0.25) is 0 Å². The van der Waals surface area contributed by atoms with Crippen molar-refractivity contribution in [2.75, 3.05) is 0 Å². The van der Waals surface area contributed by atoms with Gasteiger partial charge in [-0.25, -0.2) is 4.98 Å². The maximum atomic E-state index is 5.37. The number of rotatable bonds is 2. The zero-order valence-electron chi connectivity index (χ0n) is 9.31. The molecule has 0 spiro atoms. The molecule has 1 aliphatic rings. The van der Waals surface area contributed by atoms with E-state index in [1.165, 1.54) is 30.5 Å². The molecule has 0 radical (unpaired) electrons. The van der Waals surface area contributed by atoms with E-state index in [1.807, 2.05) is 0 Å². The van der Waals surface area contributed by atoms with Gasteiger partial charge in [0, 0.05) is 17.7 Å². The quantitative estimate of drug-likeness (QED) is 0.614. The zero-order valence-corrected chi connectivity index (χ0v) is 10.1. The van der Waals surface area contributed by atoms with E-state index in [2.05, 4.69) is 16.9 Å². The summed E-state index contributed by atoms with van der Waals surface area (Å²) in [5.41, 5.74) is 2.67. The molecule has 1 aromatic rings. The van der Waals surface area contributed by atoms with E-state index in [-0.39, 0.29) is 0 Å². The fraction of sp³-hybridized carbons (Fsp3) is 0.667. The minimum Gasteiger partial charge on any atom is -0.347 e. The lowest BCUT2D eigenvalue weighted by molar-refractivity contribution is 0.707. The Morgan fingerprint density at radius 2 is 2.07 bits per heavy atom. The van der Waals surface area contributed by atoms with Crippen LogP contribution in [0.1, 0.15) is 49.7 Å². The summed E-state index contributed by atoms with van der Waals surface area (Å²) in [5, 5.41) is 0. The molecule has 0 bridgehead atoms. The minimum absolute atomic E-state index is 0.842. The molecule has 0 atom stereocenters. The summed E-state index contributed by atoms with van der Waals surface area (Å²) in [5.74, 6) is 1.07. The highest BCUT2D eigenvalue weighted by atomic mass is 32.1. The summed E-state index contributed by atoms with van der Waals surface area (Å²) in [7, 11) is 0. The van der Waals surface area contributed by atoms with Gasteiger partial charge >= 0.3 is 0 Å². The number of aryl methyl sites for hydroxylation is 2. The molecule has 82 valence electrons. The number of hydrogen-bond acceptors (Lipinski definition) is 2. The molecular weight excluding hydrogens is 204 g/mol. The Labute approximate surface area is 96.1 Å². The summed E-state index contributed by atoms with van der Waals surface area (Å²) in [6.07, 6.45) is 8.27. The third-order valence-corrected chi connectivity index (χ3v) is 3.33. The molecular formula is C12H18N2S. The van der Waals surface area contributed by atoms with Crippen molar-refractivity contribution in [2.45, 2.75) is 51.9 Å². The van der Waals surface area contributed by atoms with Crippen molar-refractivity contribution in [3.63, 3.8) is 0 Å². The van der Waals surface area contributed by atoms with Crippen LogP contribution < -0.4 is 0 Å². The molecule has 0 unspecified atom stereocenters. The maximum absolute atomic E-state index is 5.37. The van der Waals surface area contributed by atoms with Gasteiger partial charge in [0.1, 0.15) is 10.5 Å². The van der Waals surface area contributed by atoms with Gasteiger partial charge in [-0.3, -0.25) is 0 Å². The molecule has 0 saturated heterocycles. The number of hydrogen-bond donors (Lipinski definition) is 1. The molecule has 0 saturated carbocycles. The number of fused-ring (bicyclic) bond motifs is 1. The summed E-state index contributed by atoms with van der Waals surface area (Å²) in [4.78, 5) is 7.95. The van der Waals surface area contributed by atoms with Crippen molar-refractivity contribution in [1.29, 1.82) is 0 Å². The average molecular weight is 222 g/mol. The second kappa shape index (κ2) is 4.88. The van der Waals surface area contributed by atoms with E-state index in [1.54, 1.807) is 0 Å². The second-order valence-corrected chi connectivity index (χ2v) is 4.64. The Morgan fingerprint density at radius 1 is 1.27 bits per heavy atom. The Hall–Kier alpha value is -0.700. The van der Waals surface area contributed by atoms with Gasteiger partial charge in [0.15, 0.2) is 0 Å². The van der Waals surface area contributed by atoms with Crippen LogP contribution in [0.25, 0.3) is 0 Å². The summed E-state index contributed by atoms with van der Waals surface area (Å²) >= 11 is 5.37. The van der Waals surface area contributed by atoms with E-state index < -0.39 is 0 Å². The molecule has 1 aromatic heterocycles. The van der Waals surface area contributed by atoms with Gasteiger partial charge in [0.2, 0.25) is 0 Å². The molecule has 2 nitrogen and oxygen atoms in total. The van der Waals surface area contributed by atoms with Crippen molar-refractivity contribution in [3.05, 3.63) is 21.7 Å². The van der Waals surface area contributed by atoms with Crippen LogP contribution in [-0.2, 0) is 19.3 Å². The zero-order chi connectivity index (χ0) is 10.7. The number of aromatic nitrogens is 2. The van der Waals surface area contributed by atoms with E-state index >= 15 is 0 Å². The first-order chi connectivity index (χ1) is 7.31. The van der Waals surface area contributed by atoms with E-state index in [0.29, 0.717) is 0 Å². The van der Waals surface area contributed by atoms with E-state index in [0.717, 1.165) is 36.1 Å². The first-order valence-electron chi connectivity index (χ1n) is 5.92. The van der Waals surface area contributed by atoms with Gasteiger partial charge in [0.05, 0.1) is 0 Å². The van der Waals surface area contributed by atoms with Crippen LogP contribution in [0.3, 0.4) is 0 Å². The fourth-order valence-electron chi connectivity index (χ4n) is 2.20. The van der Waals surface area contributed by atoms with Crippen molar-refractivity contribution >= 4 is 12.2 Å². The SMILES string of the molecule is CCCc1nc(=S)c2c([nH]1)CCCCC2. The highest BCUT2D eigenvalue weighted by molar-refractivity contribution is 7.71. The van der Waals surface area contributed by atoms with Crippen LogP contribution in [0.4, 0.5) is 0 Å². The monoisotopic (exact) mass is 222 g/mol. The number of nitrogens with one attached hydrogen (secondary N) is 1. The number of nitrogens with zero attached hydrogens (tertiary/aromatic N) is 1. The van der Waals surface area contributed by atoms with Crippen molar-refractivity contribution < 1.29 is 0 Å². The molecule has 1 heterocycles. The Kier molecular flexibility index (Phi) is 3.52. The van der Waals surface area contributed by atoms with Crippen molar-refractivity contribution in [3.8, 4) is 0 Å². The summed E-state index contributed by atoms with van der Waals surface area (Å²) in [6, 6.07) is 0. The molecule has 0 amide bonds. The molecule has 1 aliphatic carbocycles. The molecule has 2 rings (SSSR count). The number of H-pyrrole nitrogens is 1. The molecule has 3 heteroatoms. The van der Waals surface area contributed by atoms with Crippen LogP contribution in [0.5, 0.6) is 0 Å². The van der Waals surface area contributed by atoms with Gasteiger partial charge in [-0.2, -0.15) is 0 Å². The average Bonchev–Trinajstić information content (AvgIpc) is 2.43. The lowest BCUT2D eigenvalue weighted by Crippen LogP contribution is -2.04. The fourth-order valence-corrected chi connectivity index (χ4v) is 2.54. The van der Waals surface area contributed by atoms with Crippen LogP contribution in [-0.4, -0.2) is 9.97 Å². The molecule has 15 heavy (non-hydrogen) atoms. The molecule has 0 aliphatic heterocycles. The largest absolute Gasteiger partial charge is 0.347 e. The third-order valence-electron chi connectivity index (χ3n) is 2.99. The van der Waals surface area contributed by atoms with Gasteiger partial charge in [-0.05, 0) is 32.1 Å². The highest BCUT2D eigenvalue weighted by Gasteiger charge is 2.11. The molecule has 0 fully saturated rings. The predicted octanol–water partition coefficient (Wildman–Crippen LogP) is 3.36. The Morgan fingerprint density at radius 3 is 2.87 bits per heavy atom. The lowest BCUT2D eigenvalue weighted by Gasteiger charge is -2.08. The van der Waals surface area contributed by atoms with Crippen LogP contribution >= 0.6 is 12.2 Å². The maximum Gasteiger partial charge on any atom is 0.133 e. The van der Waals surface area contributed by atoms with Gasteiger partial charge in [-0.1, -0.05) is 25.6 Å². The van der Waals surface area contributed by atoms with Gasteiger partial charge < -0.3 is 4.98 Å². The minimum atomic E-state index is 0.842. The van der Waals surface area contributed by atoms with Crippen molar-refractivity contribution in [2.24, 2.45) is 0 Å². The van der Waals surface area contributed by atoms with E-state index in [9.17, 15) is 0 Å². The van der Waals surface area contributed by atoms with Crippen LogP contribution in [0.15, 0.2) is 0 Å². The lowest BCUT2D eigenvalue weighted by atomic mass is 10.1. The normalized spacial score (nSPS) is 15.8. The predicted molar refractivity (Wildman–Crippen MR) is 64.7 cm³/mol. The first kappa shape index (κ1) is 10.8. The Balaban J connectivity index is 2.39. The summed E-state index contributed by atoms with van der Waals surface area (Å²) < 4.78 is 0.842. The van der Waals surface area contributed by atoms with Gasteiger partial charge in [0.25, 0.3) is 0 Å². The summed E-state index contributed by atoms with van der Waals surface area (Å²) in [6.45, 7) is 2.17. The van der Waals surface area contributed by atoms with Crippen molar-refractivity contribution in [1.82, 2.24) is 9.97 Å².